The topological polar surface area (TPSA) is 47.3 Å². The molecule has 0 aliphatic carbocycles. The van der Waals surface area contributed by atoms with Gasteiger partial charge in [-0.1, -0.05) is 0 Å². The zero-order valence-corrected chi connectivity index (χ0v) is 6.83. The highest BCUT2D eigenvalue weighted by Gasteiger charge is 2.07. The first-order chi connectivity index (χ1) is 5.79. The van der Waals surface area contributed by atoms with Crippen LogP contribution in [-0.4, -0.2) is 28.2 Å². The number of hydrogen-bond acceptors (Lipinski definition) is 3. The highest BCUT2D eigenvalue weighted by Crippen LogP contribution is 2.16. The summed E-state index contributed by atoms with van der Waals surface area (Å²) in [7, 11) is 1.67. The molecule has 12 heavy (non-hydrogen) atoms. The number of alkyl halides is 1. The first-order valence-electron chi connectivity index (χ1n) is 3.60. The van der Waals surface area contributed by atoms with Crippen LogP contribution in [-0.2, 0) is 13.7 Å². The molecule has 0 aromatic carbocycles. The largest absolute Gasteiger partial charge is 0.475 e. The van der Waals surface area contributed by atoms with Crippen molar-refractivity contribution in [1.29, 1.82) is 0 Å². The molecular formula is C7H11FN2O2. The van der Waals surface area contributed by atoms with E-state index in [-0.39, 0.29) is 13.2 Å². The van der Waals surface area contributed by atoms with Crippen molar-refractivity contribution < 1.29 is 14.2 Å². The third kappa shape index (κ3) is 1.73. The van der Waals surface area contributed by atoms with Crippen molar-refractivity contribution in [2.45, 2.75) is 6.61 Å². The Balaban J connectivity index is 2.72. The molecule has 1 heterocycles. The number of rotatable bonds is 4. The summed E-state index contributed by atoms with van der Waals surface area (Å²) in [5.74, 6) is 0.426. The quantitative estimate of drug-likeness (QED) is 0.712. The van der Waals surface area contributed by atoms with Crippen LogP contribution in [0.25, 0.3) is 0 Å². The number of aliphatic hydroxyl groups is 1. The lowest BCUT2D eigenvalue weighted by Crippen LogP contribution is -2.05. The maximum absolute atomic E-state index is 11.7. The second-order valence-corrected chi connectivity index (χ2v) is 2.29. The predicted molar refractivity (Wildman–Crippen MR) is 40.6 cm³/mol. The fourth-order valence-corrected chi connectivity index (χ4v) is 0.902. The monoisotopic (exact) mass is 174 g/mol. The van der Waals surface area contributed by atoms with E-state index in [1.165, 1.54) is 10.9 Å². The van der Waals surface area contributed by atoms with E-state index >= 15 is 0 Å². The third-order valence-electron chi connectivity index (χ3n) is 1.44. The highest BCUT2D eigenvalue weighted by molar-refractivity contribution is 5.22. The Morgan fingerprint density at radius 1 is 1.75 bits per heavy atom. The van der Waals surface area contributed by atoms with E-state index in [0.717, 1.165) is 0 Å². The lowest BCUT2D eigenvalue weighted by Gasteiger charge is -2.04. The van der Waals surface area contributed by atoms with Crippen LogP contribution in [0.4, 0.5) is 4.39 Å². The number of halogens is 1. The molecule has 0 amide bonds. The van der Waals surface area contributed by atoms with Gasteiger partial charge in [0, 0.05) is 7.05 Å². The van der Waals surface area contributed by atoms with E-state index < -0.39 is 6.67 Å². The maximum atomic E-state index is 11.7. The minimum atomic E-state index is -0.546. The average Bonchev–Trinajstić information content (AvgIpc) is 2.43. The van der Waals surface area contributed by atoms with E-state index in [9.17, 15) is 4.39 Å². The molecule has 0 radical (unpaired) electrons. The standard InChI is InChI=1S/C7H11FN2O2/c1-10-7(12-3-2-8)6(5-11)4-9-10/h4,11H,2-3,5H2,1H3. The van der Waals surface area contributed by atoms with Gasteiger partial charge >= 0.3 is 0 Å². The van der Waals surface area contributed by atoms with Gasteiger partial charge in [-0.15, -0.1) is 0 Å². The molecule has 1 aromatic heterocycles. The van der Waals surface area contributed by atoms with Gasteiger partial charge in [-0.2, -0.15) is 5.10 Å². The van der Waals surface area contributed by atoms with Crippen molar-refractivity contribution in [2.24, 2.45) is 7.05 Å². The molecule has 0 fully saturated rings. The van der Waals surface area contributed by atoms with Gasteiger partial charge in [0.25, 0.3) is 0 Å². The van der Waals surface area contributed by atoms with Gasteiger partial charge in [0.05, 0.1) is 18.4 Å². The third-order valence-corrected chi connectivity index (χ3v) is 1.44. The van der Waals surface area contributed by atoms with Gasteiger partial charge in [0.2, 0.25) is 5.88 Å². The van der Waals surface area contributed by atoms with Crippen molar-refractivity contribution in [3.63, 3.8) is 0 Å². The van der Waals surface area contributed by atoms with Crippen LogP contribution < -0.4 is 4.74 Å². The Morgan fingerprint density at radius 2 is 2.50 bits per heavy atom. The molecule has 1 N–H and O–H groups in total. The Morgan fingerprint density at radius 3 is 3.08 bits per heavy atom. The molecule has 0 bridgehead atoms. The molecule has 0 atom stereocenters. The highest BCUT2D eigenvalue weighted by atomic mass is 19.1. The molecule has 0 aliphatic heterocycles. The molecule has 0 saturated carbocycles. The smallest absolute Gasteiger partial charge is 0.217 e. The lowest BCUT2D eigenvalue weighted by atomic mass is 10.4. The molecule has 1 rings (SSSR count). The van der Waals surface area contributed by atoms with Gasteiger partial charge in [-0.3, -0.25) is 0 Å². The van der Waals surface area contributed by atoms with Crippen molar-refractivity contribution in [1.82, 2.24) is 9.78 Å². The zero-order chi connectivity index (χ0) is 8.97. The minimum Gasteiger partial charge on any atom is -0.475 e. The summed E-state index contributed by atoms with van der Waals surface area (Å²) in [5.41, 5.74) is 0.575. The zero-order valence-electron chi connectivity index (χ0n) is 6.83. The number of aliphatic hydroxyl groups excluding tert-OH is 1. The van der Waals surface area contributed by atoms with E-state index in [1.54, 1.807) is 7.05 Å². The number of hydrogen-bond donors (Lipinski definition) is 1. The normalized spacial score (nSPS) is 10.2. The fourth-order valence-electron chi connectivity index (χ4n) is 0.902. The number of aryl methyl sites for hydroxylation is 1. The Bertz CT molecular complexity index is 250. The summed E-state index contributed by atoms with van der Waals surface area (Å²) in [5, 5.41) is 12.7. The van der Waals surface area contributed by atoms with Crippen LogP contribution in [0.15, 0.2) is 6.20 Å². The fraction of sp³-hybridized carbons (Fsp3) is 0.571. The Hall–Kier alpha value is -1.10. The van der Waals surface area contributed by atoms with Crippen LogP contribution in [0.5, 0.6) is 5.88 Å². The summed E-state index contributed by atoms with van der Waals surface area (Å²) < 4.78 is 18.2. The van der Waals surface area contributed by atoms with Crippen LogP contribution in [0.1, 0.15) is 5.56 Å². The van der Waals surface area contributed by atoms with Crippen LogP contribution >= 0.6 is 0 Å². The summed E-state index contributed by atoms with van der Waals surface area (Å²) in [6.45, 7) is -0.696. The summed E-state index contributed by atoms with van der Waals surface area (Å²) in [6.07, 6.45) is 1.49. The average molecular weight is 174 g/mol. The predicted octanol–water partition coefficient (Wildman–Crippen LogP) is 0.261. The van der Waals surface area contributed by atoms with Gasteiger partial charge in [0.15, 0.2) is 0 Å². The molecular weight excluding hydrogens is 163 g/mol. The van der Waals surface area contributed by atoms with Gasteiger partial charge < -0.3 is 9.84 Å². The van der Waals surface area contributed by atoms with Crippen molar-refractivity contribution in [3.8, 4) is 5.88 Å². The maximum Gasteiger partial charge on any atom is 0.217 e. The van der Waals surface area contributed by atoms with E-state index in [4.69, 9.17) is 9.84 Å². The molecule has 68 valence electrons. The first kappa shape index (κ1) is 8.99. The number of ether oxygens (including phenoxy) is 1. The molecule has 1 aromatic rings. The number of aromatic nitrogens is 2. The Kier molecular flexibility index (Phi) is 3.04. The van der Waals surface area contributed by atoms with E-state index in [0.29, 0.717) is 11.4 Å². The van der Waals surface area contributed by atoms with Crippen LogP contribution in [0.3, 0.4) is 0 Å². The molecule has 5 heteroatoms. The lowest BCUT2D eigenvalue weighted by molar-refractivity contribution is 0.235. The van der Waals surface area contributed by atoms with Crippen LogP contribution in [0.2, 0.25) is 0 Å². The molecule has 0 saturated heterocycles. The molecule has 0 aliphatic rings. The van der Waals surface area contributed by atoms with Gasteiger partial charge in [-0.05, 0) is 0 Å². The van der Waals surface area contributed by atoms with Crippen molar-refractivity contribution >= 4 is 0 Å². The summed E-state index contributed by atoms with van der Waals surface area (Å²) in [6, 6.07) is 0. The summed E-state index contributed by atoms with van der Waals surface area (Å²) in [4.78, 5) is 0. The van der Waals surface area contributed by atoms with Gasteiger partial charge in [0.1, 0.15) is 13.3 Å². The number of nitrogens with zero attached hydrogens (tertiary/aromatic N) is 2. The Labute approximate surface area is 69.6 Å². The summed E-state index contributed by atoms with van der Waals surface area (Å²) >= 11 is 0. The molecule has 0 unspecified atom stereocenters. The van der Waals surface area contributed by atoms with E-state index in [2.05, 4.69) is 5.10 Å². The second-order valence-electron chi connectivity index (χ2n) is 2.29. The van der Waals surface area contributed by atoms with Gasteiger partial charge in [-0.25, -0.2) is 9.07 Å². The molecule has 0 spiro atoms. The SMILES string of the molecule is Cn1ncc(CO)c1OCCF. The molecule has 4 nitrogen and oxygen atoms in total. The van der Waals surface area contributed by atoms with Crippen LogP contribution in [0, 0.1) is 0 Å². The van der Waals surface area contributed by atoms with Crippen molar-refractivity contribution in [3.05, 3.63) is 11.8 Å². The first-order valence-corrected chi connectivity index (χ1v) is 3.60. The van der Waals surface area contributed by atoms with E-state index in [1.807, 2.05) is 0 Å². The minimum absolute atomic E-state index is 0.00741. The van der Waals surface area contributed by atoms with Crippen molar-refractivity contribution in [2.75, 3.05) is 13.3 Å². The second kappa shape index (κ2) is 4.06.